The van der Waals surface area contributed by atoms with Gasteiger partial charge >= 0.3 is 0 Å². The number of nitrogens with zero attached hydrogens (tertiary/aromatic N) is 1. The van der Waals surface area contributed by atoms with Crippen LogP contribution in [0.5, 0.6) is 5.75 Å². The van der Waals surface area contributed by atoms with Gasteiger partial charge in [0.25, 0.3) is 0 Å². The topological polar surface area (TPSA) is 67.5 Å². The molecule has 90 valence electrons. The maximum atomic E-state index is 10.2. The summed E-state index contributed by atoms with van der Waals surface area (Å²) in [4.78, 5) is 4.18. The molecule has 1 aromatic carbocycles. The Balaban J connectivity index is 2.06. The minimum absolute atomic E-state index is 0.126. The number of phenols is 1. The van der Waals surface area contributed by atoms with Crippen LogP contribution in [0.1, 0.15) is 17.6 Å². The molecule has 1 aliphatic heterocycles. The van der Waals surface area contributed by atoms with E-state index < -0.39 is 0 Å². The molecule has 1 aromatic heterocycles. The number of aromatic hydroxyl groups is 1. The lowest BCUT2D eigenvalue weighted by molar-refractivity contribution is 0.0264. The van der Waals surface area contributed by atoms with Crippen LogP contribution < -0.4 is 5.32 Å². The second kappa shape index (κ2) is 4.01. The molecule has 0 amide bonds. The Hall–Kier alpha value is -1.59. The minimum Gasteiger partial charge on any atom is -0.504 e. The number of hydrogen-bond acceptors (Lipinski definition) is 5. The summed E-state index contributed by atoms with van der Waals surface area (Å²) in [6, 6.07) is 3.69. The van der Waals surface area contributed by atoms with E-state index in [1.54, 1.807) is 6.92 Å². The molecule has 1 aliphatic rings. The zero-order chi connectivity index (χ0) is 11.8. The highest BCUT2D eigenvalue weighted by atomic mass is 16.5. The molecular formula is C12H14N2O3. The summed E-state index contributed by atoms with van der Waals surface area (Å²) >= 11 is 0. The molecule has 0 bridgehead atoms. The average molecular weight is 234 g/mol. The summed E-state index contributed by atoms with van der Waals surface area (Å²) in [5, 5.41) is 13.4. The number of oxazole rings is 1. The van der Waals surface area contributed by atoms with Gasteiger partial charge in [0.2, 0.25) is 0 Å². The van der Waals surface area contributed by atoms with Crippen molar-refractivity contribution in [1.29, 1.82) is 0 Å². The van der Waals surface area contributed by atoms with Crippen LogP contribution in [0.2, 0.25) is 0 Å². The summed E-state index contributed by atoms with van der Waals surface area (Å²) in [6.45, 7) is 3.96. The largest absolute Gasteiger partial charge is 0.504 e. The normalized spacial score (nSPS) is 20.9. The fourth-order valence-corrected chi connectivity index (χ4v) is 2.13. The van der Waals surface area contributed by atoms with E-state index in [2.05, 4.69) is 10.3 Å². The monoisotopic (exact) mass is 234 g/mol. The maximum Gasteiger partial charge on any atom is 0.196 e. The fraction of sp³-hybridized carbons (Fsp3) is 0.417. The van der Waals surface area contributed by atoms with Crippen LogP contribution in [0.15, 0.2) is 16.5 Å². The molecule has 17 heavy (non-hydrogen) atoms. The number of rotatable bonds is 1. The lowest BCUT2D eigenvalue weighted by atomic mass is 10.1. The number of benzene rings is 1. The zero-order valence-electron chi connectivity index (χ0n) is 9.56. The molecule has 0 aliphatic carbocycles. The lowest BCUT2D eigenvalue weighted by Gasteiger charge is -2.24. The number of aromatic nitrogens is 1. The van der Waals surface area contributed by atoms with Crippen molar-refractivity contribution < 1.29 is 14.3 Å². The van der Waals surface area contributed by atoms with Gasteiger partial charge in [0.1, 0.15) is 5.52 Å². The van der Waals surface area contributed by atoms with Gasteiger partial charge in [-0.1, -0.05) is 6.07 Å². The Labute approximate surface area is 98.4 Å². The quantitative estimate of drug-likeness (QED) is 0.782. The standard InChI is InChI=1S/C12H14N2O3/c1-7-14-9-3-2-8(11(15)12(9)17-7)10-6-13-4-5-16-10/h2-3,10,13,15H,4-6H2,1H3. The second-order valence-corrected chi connectivity index (χ2v) is 4.15. The third kappa shape index (κ3) is 1.77. The summed E-state index contributed by atoms with van der Waals surface area (Å²) in [7, 11) is 0. The van der Waals surface area contributed by atoms with Gasteiger partial charge in [0, 0.05) is 25.6 Å². The Morgan fingerprint density at radius 3 is 3.12 bits per heavy atom. The van der Waals surface area contributed by atoms with E-state index >= 15 is 0 Å². The predicted octanol–water partition coefficient (Wildman–Crippen LogP) is 1.50. The van der Waals surface area contributed by atoms with Crippen molar-refractivity contribution in [3.8, 4) is 5.75 Å². The second-order valence-electron chi connectivity index (χ2n) is 4.15. The third-order valence-electron chi connectivity index (χ3n) is 2.94. The van der Waals surface area contributed by atoms with Gasteiger partial charge in [-0.15, -0.1) is 0 Å². The van der Waals surface area contributed by atoms with E-state index in [9.17, 15) is 5.11 Å². The van der Waals surface area contributed by atoms with Crippen molar-refractivity contribution in [3.63, 3.8) is 0 Å². The summed E-state index contributed by atoms with van der Waals surface area (Å²) in [5.41, 5.74) is 1.86. The molecule has 5 nitrogen and oxygen atoms in total. The van der Waals surface area contributed by atoms with E-state index in [1.807, 2.05) is 12.1 Å². The van der Waals surface area contributed by atoms with Crippen LogP contribution in [-0.2, 0) is 4.74 Å². The van der Waals surface area contributed by atoms with Crippen LogP contribution in [0.4, 0.5) is 0 Å². The number of ether oxygens (including phenoxy) is 1. The van der Waals surface area contributed by atoms with Crippen LogP contribution in [0.25, 0.3) is 11.1 Å². The van der Waals surface area contributed by atoms with Crippen LogP contribution in [0.3, 0.4) is 0 Å². The van der Waals surface area contributed by atoms with Gasteiger partial charge in [0.15, 0.2) is 17.2 Å². The number of phenolic OH excluding ortho intramolecular Hbond substituents is 1. The molecule has 1 saturated heterocycles. The maximum absolute atomic E-state index is 10.2. The van der Waals surface area contributed by atoms with Gasteiger partial charge in [-0.05, 0) is 6.07 Å². The first-order valence-electron chi connectivity index (χ1n) is 5.67. The minimum atomic E-state index is -0.126. The number of aryl methyl sites for hydroxylation is 1. The predicted molar refractivity (Wildman–Crippen MR) is 62.0 cm³/mol. The Morgan fingerprint density at radius 1 is 1.47 bits per heavy atom. The fourth-order valence-electron chi connectivity index (χ4n) is 2.13. The Kier molecular flexibility index (Phi) is 2.49. The zero-order valence-corrected chi connectivity index (χ0v) is 9.56. The molecule has 2 heterocycles. The summed E-state index contributed by atoms with van der Waals surface area (Å²) < 4.78 is 11.0. The average Bonchev–Trinajstić information content (AvgIpc) is 2.72. The molecule has 1 unspecified atom stereocenters. The van der Waals surface area contributed by atoms with Crippen molar-refractivity contribution in [2.45, 2.75) is 13.0 Å². The van der Waals surface area contributed by atoms with Crippen LogP contribution >= 0.6 is 0 Å². The first-order chi connectivity index (χ1) is 8.25. The number of nitrogens with one attached hydrogen (secondary N) is 1. The van der Waals surface area contributed by atoms with Crippen molar-refractivity contribution in [2.24, 2.45) is 0 Å². The smallest absolute Gasteiger partial charge is 0.196 e. The van der Waals surface area contributed by atoms with Gasteiger partial charge in [-0.3, -0.25) is 0 Å². The van der Waals surface area contributed by atoms with Gasteiger partial charge in [-0.25, -0.2) is 4.98 Å². The molecule has 0 spiro atoms. The Bertz CT molecular complexity index is 544. The van der Waals surface area contributed by atoms with Crippen LogP contribution in [-0.4, -0.2) is 29.8 Å². The molecule has 2 aromatic rings. The molecule has 1 fully saturated rings. The van der Waals surface area contributed by atoms with E-state index in [0.717, 1.165) is 12.1 Å². The first kappa shape index (κ1) is 10.6. The molecule has 0 saturated carbocycles. The van der Waals surface area contributed by atoms with Crippen LogP contribution in [0, 0.1) is 6.92 Å². The van der Waals surface area contributed by atoms with Gasteiger partial charge in [0.05, 0.1) is 12.7 Å². The molecule has 1 atom stereocenters. The third-order valence-corrected chi connectivity index (χ3v) is 2.94. The Morgan fingerprint density at radius 2 is 2.35 bits per heavy atom. The number of fused-ring (bicyclic) bond motifs is 1. The highest BCUT2D eigenvalue weighted by Crippen LogP contribution is 2.34. The van der Waals surface area contributed by atoms with Gasteiger partial charge < -0.3 is 19.6 Å². The molecular weight excluding hydrogens is 220 g/mol. The van der Waals surface area contributed by atoms with Crippen molar-refractivity contribution in [1.82, 2.24) is 10.3 Å². The van der Waals surface area contributed by atoms with Crippen molar-refractivity contribution in [3.05, 3.63) is 23.6 Å². The SMILES string of the molecule is Cc1nc2ccc(C3CNCCO3)c(O)c2o1. The van der Waals surface area contributed by atoms with E-state index in [4.69, 9.17) is 9.15 Å². The first-order valence-corrected chi connectivity index (χ1v) is 5.67. The summed E-state index contributed by atoms with van der Waals surface area (Å²) in [5.74, 6) is 0.687. The molecule has 5 heteroatoms. The van der Waals surface area contributed by atoms with Crippen molar-refractivity contribution in [2.75, 3.05) is 19.7 Å². The highest BCUT2D eigenvalue weighted by Gasteiger charge is 2.22. The van der Waals surface area contributed by atoms with E-state index in [0.29, 0.717) is 30.1 Å². The molecule has 0 radical (unpaired) electrons. The van der Waals surface area contributed by atoms with Gasteiger partial charge in [-0.2, -0.15) is 0 Å². The highest BCUT2D eigenvalue weighted by molar-refractivity contribution is 5.80. The lowest BCUT2D eigenvalue weighted by Crippen LogP contribution is -2.33. The molecule has 2 N–H and O–H groups in total. The van der Waals surface area contributed by atoms with E-state index in [-0.39, 0.29) is 11.9 Å². The van der Waals surface area contributed by atoms with Crippen molar-refractivity contribution >= 4 is 11.1 Å². The summed E-state index contributed by atoms with van der Waals surface area (Å²) in [6.07, 6.45) is -0.126. The number of morpholine rings is 1. The van der Waals surface area contributed by atoms with E-state index in [1.165, 1.54) is 0 Å². The number of hydrogen-bond donors (Lipinski definition) is 2. The molecule has 3 rings (SSSR count).